The first-order chi connectivity index (χ1) is 30.3. The van der Waals surface area contributed by atoms with Gasteiger partial charge in [-0.15, -0.1) is 0 Å². The topological polar surface area (TPSA) is 21.3 Å². The lowest BCUT2D eigenvalue weighted by molar-refractivity contribution is 0.670. The third-order valence-corrected chi connectivity index (χ3v) is 12.2. The van der Waals surface area contributed by atoms with Crippen molar-refractivity contribution in [2.75, 3.05) is 4.90 Å². The molecule has 0 aliphatic carbocycles. The minimum Gasteiger partial charge on any atom is -0.455 e. The van der Waals surface area contributed by atoms with Crippen LogP contribution in [0.15, 0.2) is 235 Å². The van der Waals surface area contributed by atoms with Gasteiger partial charge in [-0.1, -0.05) is 164 Å². The smallest absolute Gasteiger partial charge is 0.145 e. The summed E-state index contributed by atoms with van der Waals surface area (Å²) < 4.78 is 9.36. The Morgan fingerprint density at radius 1 is 0.361 bits per heavy atom. The van der Waals surface area contributed by atoms with Crippen LogP contribution in [-0.2, 0) is 0 Å². The fraction of sp³-hybridized carbons (Fsp3) is 0. The van der Waals surface area contributed by atoms with Gasteiger partial charge in [0.05, 0.1) is 16.7 Å². The molecule has 2 aromatic heterocycles. The normalized spacial score (nSPS) is 11.6. The number of fused-ring (bicyclic) bond motifs is 7. The minimum absolute atomic E-state index is 0.854. The van der Waals surface area contributed by atoms with Crippen LogP contribution in [0.2, 0.25) is 0 Å². The lowest BCUT2D eigenvalue weighted by Crippen LogP contribution is -2.12. The predicted octanol–water partition coefficient (Wildman–Crippen LogP) is 16.3. The lowest BCUT2D eigenvalue weighted by atomic mass is 9.96. The SMILES string of the molecule is c1ccc(-c2cccc(N(c3cccc(-c4cccc5ccccc45)c3)c3ccc4c(oc5ccccc54)c3-c3cccc(-n4c5ccccc5c5ccccc54)c3)c2)cc1. The quantitative estimate of drug-likeness (QED) is 0.161. The van der Waals surface area contributed by atoms with Gasteiger partial charge in [-0.05, 0) is 105 Å². The number of para-hydroxylation sites is 3. The van der Waals surface area contributed by atoms with E-state index >= 15 is 0 Å². The van der Waals surface area contributed by atoms with Crippen molar-refractivity contribution in [2.24, 2.45) is 0 Å². The number of anilines is 3. The second-order valence-electron chi connectivity index (χ2n) is 15.7. The van der Waals surface area contributed by atoms with Gasteiger partial charge in [0.1, 0.15) is 11.2 Å². The number of hydrogen-bond acceptors (Lipinski definition) is 2. The molecule has 0 atom stereocenters. The Morgan fingerprint density at radius 3 is 1.72 bits per heavy atom. The van der Waals surface area contributed by atoms with Crippen molar-refractivity contribution in [1.82, 2.24) is 4.57 Å². The average molecular weight is 779 g/mol. The molecule has 0 aliphatic heterocycles. The molecule has 3 heteroatoms. The van der Waals surface area contributed by atoms with E-state index in [2.05, 4.69) is 234 Å². The molecule has 286 valence electrons. The van der Waals surface area contributed by atoms with Crippen LogP contribution >= 0.6 is 0 Å². The van der Waals surface area contributed by atoms with Crippen molar-refractivity contribution in [3.63, 3.8) is 0 Å². The van der Waals surface area contributed by atoms with Crippen molar-refractivity contribution in [3.05, 3.63) is 231 Å². The second kappa shape index (κ2) is 14.3. The van der Waals surface area contributed by atoms with E-state index in [1.807, 2.05) is 6.07 Å². The molecule has 12 rings (SSSR count). The molecule has 12 aromatic rings. The van der Waals surface area contributed by atoms with Crippen molar-refractivity contribution < 1.29 is 4.42 Å². The Balaban J connectivity index is 1.14. The van der Waals surface area contributed by atoms with Gasteiger partial charge >= 0.3 is 0 Å². The number of furan rings is 1. The second-order valence-corrected chi connectivity index (χ2v) is 15.7. The maximum atomic E-state index is 6.97. The number of benzene rings is 10. The molecule has 0 radical (unpaired) electrons. The molecule has 0 saturated heterocycles. The van der Waals surface area contributed by atoms with E-state index in [0.717, 1.165) is 66.9 Å². The highest BCUT2D eigenvalue weighted by atomic mass is 16.3. The van der Waals surface area contributed by atoms with Crippen LogP contribution in [-0.4, -0.2) is 4.57 Å². The van der Waals surface area contributed by atoms with Crippen LogP contribution in [0.5, 0.6) is 0 Å². The number of aromatic nitrogens is 1. The van der Waals surface area contributed by atoms with E-state index in [1.165, 1.54) is 43.7 Å². The summed E-state index contributed by atoms with van der Waals surface area (Å²) in [5, 5.41) is 7.10. The molecule has 0 unspecified atom stereocenters. The fourth-order valence-corrected chi connectivity index (χ4v) is 9.42. The Morgan fingerprint density at radius 2 is 0.934 bits per heavy atom. The summed E-state index contributed by atoms with van der Waals surface area (Å²) in [6, 6.07) is 82.9. The fourth-order valence-electron chi connectivity index (χ4n) is 9.42. The molecule has 0 spiro atoms. The highest BCUT2D eigenvalue weighted by molar-refractivity contribution is 6.14. The first-order valence-electron chi connectivity index (χ1n) is 20.8. The van der Waals surface area contributed by atoms with E-state index in [9.17, 15) is 0 Å². The molecule has 0 aliphatic rings. The van der Waals surface area contributed by atoms with Gasteiger partial charge in [0.25, 0.3) is 0 Å². The summed E-state index contributed by atoms with van der Waals surface area (Å²) in [5.74, 6) is 0. The van der Waals surface area contributed by atoms with Gasteiger partial charge in [-0.3, -0.25) is 0 Å². The summed E-state index contributed by atoms with van der Waals surface area (Å²) >= 11 is 0. The van der Waals surface area contributed by atoms with Crippen molar-refractivity contribution in [3.8, 4) is 39.1 Å². The monoisotopic (exact) mass is 778 g/mol. The Bertz CT molecular complexity index is 3550. The van der Waals surface area contributed by atoms with Gasteiger partial charge in [0.15, 0.2) is 0 Å². The maximum Gasteiger partial charge on any atom is 0.145 e. The van der Waals surface area contributed by atoms with Crippen LogP contribution in [0.1, 0.15) is 0 Å². The zero-order chi connectivity index (χ0) is 40.3. The molecular formula is C58H38N2O. The van der Waals surface area contributed by atoms with E-state index in [-0.39, 0.29) is 0 Å². The first-order valence-corrected chi connectivity index (χ1v) is 20.8. The average Bonchev–Trinajstić information content (AvgIpc) is 3.88. The van der Waals surface area contributed by atoms with Gasteiger partial charge in [-0.2, -0.15) is 0 Å². The summed E-state index contributed by atoms with van der Waals surface area (Å²) in [6.45, 7) is 0. The molecule has 0 amide bonds. The van der Waals surface area contributed by atoms with Crippen molar-refractivity contribution in [1.29, 1.82) is 0 Å². The largest absolute Gasteiger partial charge is 0.455 e. The van der Waals surface area contributed by atoms with Gasteiger partial charge in [0.2, 0.25) is 0 Å². The Labute approximate surface area is 353 Å². The highest BCUT2D eigenvalue weighted by Gasteiger charge is 2.24. The molecular weight excluding hydrogens is 741 g/mol. The van der Waals surface area contributed by atoms with E-state index < -0.39 is 0 Å². The minimum atomic E-state index is 0.854. The van der Waals surface area contributed by atoms with E-state index in [4.69, 9.17) is 4.42 Å². The molecule has 0 N–H and O–H groups in total. The third-order valence-electron chi connectivity index (χ3n) is 12.2. The van der Waals surface area contributed by atoms with E-state index in [0.29, 0.717) is 0 Å². The zero-order valence-electron chi connectivity index (χ0n) is 33.2. The molecule has 10 aromatic carbocycles. The van der Waals surface area contributed by atoms with Crippen LogP contribution < -0.4 is 4.90 Å². The maximum absolute atomic E-state index is 6.97. The van der Waals surface area contributed by atoms with Gasteiger partial charge < -0.3 is 13.9 Å². The number of nitrogens with zero attached hydrogens (tertiary/aromatic N) is 2. The summed E-state index contributed by atoms with van der Waals surface area (Å²) in [5.41, 5.74) is 15.0. The Kier molecular flexibility index (Phi) is 8.17. The van der Waals surface area contributed by atoms with Gasteiger partial charge in [0, 0.05) is 44.2 Å². The van der Waals surface area contributed by atoms with Gasteiger partial charge in [-0.25, -0.2) is 0 Å². The summed E-state index contributed by atoms with van der Waals surface area (Å²) in [4.78, 5) is 2.41. The van der Waals surface area contributed by atoms with Crippen LogP contribution in [0, 0.1) is 0 Å². The molecule has 0 fully saturated rings. The highest BCUT2D eigenvalue weighted by Crippen LogP contribution is 2.48. The summed E-state index contributed by atoms with van der Waals surface area (Å²) in [6.07, 6.45) is 0. The van der Waals surface area contributed by atoms with Crippen LogP contribution in [0.3, 0.4) is 0 Å². The lowest BCUT2D eigenvalue weighted by Gasteiger charge is -2.29. The molecule has 3 nitrogen and oxygen atoms in total. The molecule has 0 saturated carbocycles. The molecule has 0 bridgehead atoms. The van der Waals surface area contributed by atoms with Crippen molar-refractivity contribution >= 4 is 71.6 Å². The first kappa shape index (κ1) is 34.9. The standard InChI is InChI=1S/C58H38N2O/c1-2-16-39(17-3-1)41-20-12-23-44(36-41)59(45-24-13-21-42(37-45)48-30-15-19-40-18-4-5-26-47(40)48)55-35-34-52-51-29-8-11-33-56(51)61-58(52)57(55)43-22-14-25-46(38-43)60-53-31-9-6-27-49(53)50-28-7-10-32-54(50)60/h1-38H. The zero-order valence-corrected chi connectivity index (χ0v) is 33.2. The Hall–Kier alpha value is -8.14. The third kappa shape index (κ3) is 5.82. The van der Waals surface area contributed by atoms with Crippen molar-refractivity contribution in [2.45, 2.75) is 0 Å². The molecule has 2 heterocycles. The predicted molar refractivity (Wildman–Crippen MR) is 257 cm³/mol. The number of rotatable bonds is 7. The summed E-state index contributed by atoms with van der Waals surface area (Å²) in [7, 11) is 0. The number of hydrogen-bond donors (Lipinski definition) is 0. The van der Waals surface area contributed by atoms with Crippen LogP contribution in [0.4, 0.5) is 17.1 Å². The van der Waals surface area contributed by atoms with E-state index in [1.54, 1.807) is 0 Å². The van der Waals surface area contributed by atoms with Crippen LogP contribution in [0.25, 0.3) is 93.6 Å². The molecule has 61 heavy (non-hydrogen) atoms.